The Balaban J connectivity index is 2.21. The summed E-state index contributed by atoms with van der Waals surface area (Å²) in [6.07, 6.45) is 6.36. The number of hydrogen-bond acceptors (Lipinski definition) is 2. The number of fused-ring (bicyclic) bond motifs is 1. The molecule has 18 heavy (non-hydrogen) atoms. The van der Waals surface area contributed by atoms with Gasteiger partial charge in [-0.15, -0.1) is 0 Å². The van der Waals surface area contributed by atoms with Crippen LogP contribution in [-0.4, -0.2) is 11.7 Å². The zero-order valence-electron chi connectivity index (χ0n) is 11.5. The topological polar surface area (TPSA) is 29.5 Å². The molecule has 0 fully saturated rings. The van der Waals surface area contributed by atoms with E-state index in [-0.39, 0.29) is 0 Å². The van der Waals surface area contributed by atoms with Crippen LogP contribution >= 0.6 is 0 Å². The smallest absolute Gasteiger partial charge is 0.128 e. The molecular weight excluding hydrogens is 224 g/mol. The zero-order chi connectivity index (χ0) is 13.0. The van der Waals surface area contributed by atoms with E-state index in [0.717, 1.165) is 43.6 Å². The number of para-hydroxylation sites is 1. The zero-order valence-corrected chi connectivity index (χ0v) is 11.5. The van der Waals surface area contributed by atoms with E-state index in [4.69, 9.17) is 4.74 Å². The number of rotatable bonds is 5. The second-order valence-corrected chi connectivity index (χ2v) is 5.48. The van der Waals surface area contributed by atoms with Gasteiger partial charge in [-0.3, -0.25) is 0 Å². The van der Waals surface area contributed by atoms with Gasteiger partial charge in [0.25, 0.3) is 0 Å². The van der Waals surface area contributed by atoms with E-state index < -0.39 is 5.60 Å². The summed E-state index contributed by atoms with van der Waals surface area (Å²) in [5, 5.41) is 10.7. The number of benzene rings is 1. The molecule has 0 aromatic heterocycles. The van der Waals surface area contributed by atoms with Gasteiger partial charge in [-0.2, -0.15) is 0 Å². The van der Waals surface area contributed by atoms with Crippen LogP contribution in [0.1, 0.15) is 57.1 Å². The molecule has 2 heteroatoms. The van der Waals surface area contributed by atoms with Gasteiger partial charge >= 0.3 is 0 Å². The SMILES string of the molecule is CCCCCC(C)(O)c1cccc2c1OCCC2. The molecule has 1 aromatic carbocycles. The second kappa shape index (κ2) is 5.75. The highest BCUT2D eigenvalue weighted by Crippen LogP contribution is 2.38. The largest absolute Gasteiger partial charge is 0.493 e. The van der Waals surface area contributed by atoms with E-state index in [2.05, 4.69) is 13.0 Å². The molecule has 1 unspecified atom stereocenters. The molecule has 0 saturated heterocycles. The second-order valence-electron chi connectivity index (χ2n) is 5.48. The Morgan fingerprint density at radius 1 is 1.33 bits per heavy atom. The number of aliphatic hydroxyl groups is 1. The van der Waals surface area contributed by atoms with Gasteiger partial charge in [0.2, 0.25) is 0 Å². The quantitative estimate of drug-likeness (QED) is 0.803. The Bertz CT molecular complexity index is 396. The van der Waals surface area contributed by atoms with E-state index in [0.29, 0.717) is 0 Å². The van der Waals surface area contributed by atoms with Crippen LogP contribution in [0.15, 0.2) is 18.2 Å². The van der Waals surface area contributed by atoms with Gasteiger partial charge in [0.1, 0.15) is 5.75 Å². The maximum atomic E-state index is 10.7. The predicted molar refractivity (Wildman–Crippen MR) is 74.0 cm³/mol. The number of unbranched alkanes of at least 4 members (excludes halogenated alkanes) is 2. The number of aryl methyl sites for hydroxylation is 1. The van der Waals surface area contributed by atoms with Gasteiger partial charge in [-0.05, 0) is 31.7 Å². The predicted octanol–water partition coefficient (Wildman–Crippen LogP) is 3.80. The maximum absolute atomic E-state index is 10.7. The first-order chi connectivity index (χ1) is 8.65. The molecule has 0 amide bonds. The van der Waals surface area contributed by atoms with Crippen molar-refractivity contribution in [1.29, 1.82) is 0 Å². The molecule has 1 N–H and O–H groups in total. The van der Waals surface area contributed by atoms with Crippen LogP contribution < -0.4 is 4.74 Å². The Labute approximate surface area is 110 Å². The summed E-state index contributed by atoms with van der Waals surface area (Å²) in [4.78, 5) is 0. The monoisotopic (exact) mass is 248 g/mol. The average Bonchev–Trinajstić information content (AvgIpc) is 2.38. The van der Waals surface area contributed by atoms with Gasteiger partial charge in [0.15, 0.2) is 0 Å². The van der Waals surface area contributed by atoms with Crippen LogP contribution in [0.4, 0.5) is 0 Å². The third-order valence-corrected chi connectivity index (χ3v) is 3.78. The van der Waals surface area contributed by atoms with Crippen molar-refractivity contribution in [2.75, 3.05) is 6.61 Å². The van der Waals surface area contributed by atoms with Crippen molar-refractivity contribution in [3.8, 4) is 5.75 Å². The lowest BCUT2D eigenvalue weighted by atomic mass is 9.87. The molecule has 0 aliphatic carbocycles. The fourth-order valence-electron chi connectivity index (χ4n) is 2.67. The summed E-state index contributed by atoms with van der Waals surface area (Å²) in [6, 6.07) is 6.16. The van der Waals surface area contributed by atoms with Crippen molar-refractivity contribution in [3.05, 3.63) is 29.3 Å². The molecule has 0 bridgehead atoms. The molecule has 1 atom stereocenters. The van der Waals surface area contributed by atoms with E-state index >= 15 is 0 Å². The third kappa shape index (κ3) is 2.86. The van der Waals surface area contributed by atoms with Crippen molar-refractivity contribution in [1.82, 2.24) is 0 Å². The molecule has 1 heterocycles. The van der Waals surface area contributed by atoms with E-state index in [1.54, 1.807) is 0 Å². The van der Waals surface area contributed by atoms with Gasteiger partial charge in [-0.1, -0.05) is 44.4 Å². The van der Waals surface area contributed by atoms with E-state index in [9.17, 15) is 5.11 Å². The van der Waals surface area contributed by atoms with Gasteiger partial charge in [0.05, 0.1) is 12.2 Å². The van der Waals surface area contributed by atoms with Crippen molar-refractivity contribution in [3.63, 3.8) is 0 Å². The van der Waals surface area contributed by atoms with E-state index in [1.165, 1.54) is 18.4 Å². The average molecular weight is 248 g/mol. The molecule has 0 radical (unpaired) electrons. The maximum Gasteiger partial charge on any atom is 0.128 e. The van der Waals surface area contributed by atoms with Crippen LogP contribution in [0.5, 0.6) is 5.75 Å². The van der Waals surface area contributed by atoms with E-state index in [1.807, 2.05) is 19.1 Å². The third-order valence-electron chi connectivity index (χ3n) is 3.78. The Morgan fingerprint density at radius 3 is 2.94 bits per heavy atom. The first-order valence-corrected chi connectivity index (χ1v) is 7.12. The van der Waals surface area contributed by atoms with Gasteiger partial charge in [0, 0.05) is 5.56 Å². The summed E-state index contributed by atoms with van der Waals surface area (Å²) in [6.45, 7) is 4.87. The van der Waals surface area contributed by atoms with Gasteiger partial charge < -0.3 is 9.84 Å². The molecule has 0 spiro atoms. The summed E-state index contributed by atoms with van der Waals surface area (Å²) >= 11 is 0. The first-order valence-electron chi connectivity index (χ1n) is 7.12. The summed E-state index contributed by atoms with van der Waals surface area (Å²) < 4.78 is 5.79. The molecule has 1 aromatic rings. The summed E-state index contributed by atoms with van der Waals surface area (Å²) in [5.74, 6) is 0.935. The van der Waals surface area contributed by atoms with Crippen LogP contribution in [0, 0.1) is 0 Å². The standard InChI is InChI=1S/C16H24O2/c1-3-4-5-11-16(2,17)14-10-6-8-13-9-7-12-18-15(13)14/h6,8,10,17H,3-5,7,9,11-12H2,1-2H3. The molecule has 0 saturated carbocycles. The fourth-order valence-corrected chi connectivity index (χ4v) is 2.67. The van der Waals surface area contributed by atoms with Crippen molar-refractivity contribution in [2.24, 2.45) is 0 Å². The molecular formula is C16H24O2. The van der Waals surface area contributed by atoms with Crippen LogP contribution in [-0.2, 0) is 12.0 Å². The molecule has 100 valence electrons. The lowest BCUT2D eigenvalue weighted by Gasteiger charge is -2.29. The highest BCUT2D eigenvalue weighted by molar-refractivity contribution is 5.45. The van der Waals surface area contributed by atoms with Crippen LogP contribution in [0.3, 0.4) is 0 Å². The minimum absolute atomic E-state index is 0.766. The molecule has 2 rings (SSSR count). The van der Waals surface area contributed by atoms with Crippen molar-refractivity contribution < 1.29 is 9.84 Å². The van der Waals surface area contributed by atoms with Gasteiger partial charge in [-0.25, -0.2) is 0 Å². The Hall–Kier alpha value is -1.02. The molecule has 1 aliphatic heterocycles. The molecule has 2 nitrogen and oxygen atoms in total. The summed E-state index contributed by atoms with van der Waals surface area (Å²) in [7, 11) is 0. The Morgan fingerprint density at radius 2 is 2.17 bits per heavy atom. The number of ether oxygens (including phenoxy) is 1. The van der Waals surface area contributed by atoms with Crippen LogP contribution in [0.2, 0.25) is 0 Å². The highest BCUT2D eigenvalue weighted by atomic mass is 16.5. The lowest BCUT2D eigenvalue weighted by molar-refractivity contribution is 0.0412. The Kier molecular flexibility index (Phi) is 4.28. The fraction of sp³-hybridized carbons (Fsp3) is 0.625. The highest BCUT2D eigenvalue weighted by Gasteiger charge is 2.28. The minimum atomic E-state index is -0.766. The normalized spacial score (nSPS) is 17.7. The van der Waals surface area contributed by atoms with Crippen molar-refractivity contribution >= 4 is 0 Å². The van der Waals surface area contributed by atoms with Crippen molar-refractivity contribution in [2.45, 2.75) is 58.0 Å². The van der Waals surface area contributed by atoms with Crippen LogP contribution in [0.25, 0.3) is 0 Å². The lowest BCUT2D eigenvalue weighted by Crippen LogP contribution is -2.24. The minimum Gasteiger partial charge on any atom is -0.493 e. The first kappa shape index (κ1) is 13.4. The summed E-state index contributed by atoms with van der Waals surface area (Å²) in [5.41, 5.74) is 1.45. The number of hydrogen-bond donors (Lipinski definition) is 1. The molecule has 1 aliphatic rings.